The Balaban J connectivity index is 2.42. The number of anilines is 1. The van der Waals surface area contributed by atoms with Crippen LogP contribution in [0.1, 0.15) is 5.56 Å². The lowest BCUT2D eigenvalue weighted by Gasteiger charge is -2.13. The van der Waals surface area contributed by atoms with Crippen LogP contribution in [0.15, 0.2) is 50.2 Å². The fraction of sp³-hybridized carbons (Fsp3) is 0.143. The normalized spacial score (nSPS) is 11.2. The van der Waals surface area contributed by atoms with Gasteiger partial charge in [0.1, 0.15) is 10.6 Å². The molecule has 2 rings (SSSR count). The van der Waals surface area contributed by atoms with Crippen LogP contribution in [0.4, 0.5) is 5.69 Å². The van der Waals surface area contributed by atoms with Gasteiger partial charge in [-0.15, -0.1) is 0 Å². The van der Waals surface area contributed by atoms with Crippen molar-refractivity contribution in [3.8, 4) is 5.75 Å². The number of aryl methyl sites for hydroxylation is 1. The average molecular weight is 435 g/mol. The van der Waals surface area contributed by atoms with E-state index in [1.165, 1.54) is 13.2 Å². The van der Waals surface area contributed by atoms with Gasteiger partial charge in [0.15, 0.2) is 0 Å². The molecular weight excluding hydrogens is 422 g/mol. The summed E-state index contributed by atoms with van der Waals surface area (Å²) in [5.74, 6) is 0.479. The third-order valence-corrected chi connectivity index (χ3v) is 5.62. The Bertz CT molecular complexity index is 776. The van der Waals surface area contributed by atoms with Crippen molar-refractivity contribution in [1.82, 2.24) is 0 Å². The molecule has 7 heteroatoms. The highest BCUT2D eigenvalue weighted by molar-refractivity contribution is 9.11. The number of hydrogen-bond acceptors (Lipinski definition) is 3. The molecule has 1 N–H and O–H groups in total. The number of methoxy groups -OCH3 is 1. The van der Waals surface area contributed by atoms with Gasteiger partial charge in [0, 0.05) is 8.95 Å². The lowest BCUT2D eigenvalue weighted by Crippen LogP contribution is -2.14. The maximum atomic E-state index is 12.5. The molecule has 2 aromatic carbocycles. The van der Waals surface area contributed by atoms with Crippen molar-refractivity contribution in [2.24, 2.45) is 0 Å². The largest absolute Gasteiger partial charge is 0.495 e. The molecule has 2 aromatic rings. The number of sulfonamides is 1. The summed E-state index contributed by atoms with van der Waals surface area (Å²) in [6.45, 7) is 1.91. The Kier molecular flexibility index (Phi) is 4.95. The first kappa shape index (κ1) is 16.3. The topological polar surface area (TPSA) is 55.4 Å². The zero-order valence-corrected chi connectivity index (χ0v) is 15.3. The molecular formula is C14H13Br2NO3S. The van der Waals surface area contributed by atoms with Gasteiger partial charge in [0.05, 0.1) is 12.8 Å². The molecule has 0 amide bonds. The zero-order chi connectivity index (χ0) is 15.6. The molecule has 0 fully saturated rings. The fourth-order valence-electron chi connectivity index (χ4n) is 1.78. The Hall–Kier alpha value is -1.05. The van der Waals surface area contributed by atoms with Crippen molar-refractivity contribution in [2.45, 2.75) is 11.8 Å². The standard InChI is InChI=1S/C14H13Br2NO3S/c1-9-3-5-12(13(7-9)20-2)17-21(18,19)14-6-4-10(15)8-11(14)16/h3-8,17H,1-2H3. The summed E-state index contributed by atoms with van der Waals surface area (Å²) in [5, 5.41) is 0. The SMILES string of the molecule is COc1cc(C)ccc1NS(=O)(=O)c1ccc(Br)cc1Br. The first-order valence-electron chi connectivity index (χ1n) is 5.96. The van der Waals surface area contributed by atoms with E-state index in [4.69, 9.17) is 4.74 Å². The van der Waals surface area contributed by atoms with Gasteiger partial charge in [0.2, 0.25) is 0 Å². The molecule has 0 atom stereocenters. The van der Waals surface area contributed by atoms with Gasteiger partial charge in [-0.25, -0.2) is 8.42 Å². The summed E-state index contributed by atoms with van der Waals surface area (Å²) in [6.07, 6.45) is 0. The second kappa shape index (κ2) is 6.37. The minimum atomic E-state index is -3.70. The third-order valence-electron chi connectivity index (χ3n) is 2.78. The Morgan fingerprint density at radius 1 is 1.10 bits per heavy atom. The second-order valence-corrected chi connectivity index (χ2v) is 7.80. The summed E-state index contributed by atoms with van der Waals surface area (Å²) in [6, 6.07) is 10.1. The maximum Gasteiger partial charge on any atom is 0.263 e. The molecule has 0 aromatic heterocycles. The summed E-state index contributed by atoms with van der Waals surface area (Å²) >= 11 is 6.56. The van der Waals surface area contributed by atoms with E-state index in [0.717, 1.165) is 10.0 Å². The lowest BCUT2D eigenvalue weighted by molar-refractivity contribution is 0.416. The van der Waals surface area contributed by atoms with E-state index in [1.54, 1.807) is 24.3 Å². The van der Waals surface area contributed by atoms with E-state index in [2.05, 4.69) is 36.6 Å². The Labute approximate surface area is 140 Å². The number of halogens is 2. The van der Waals surface area contributed by atoms with E-state index >= 15 is 0 Å². The average Bonchev–Trinajstić information content (AvgIpc) is 2.40. The van der Waals surface area contributed by atoms with Crippen LogP contribution < -0.4 is 9.46 Å². The van der Waals surface area contributed by atoms with Crippen molar-refractivity contribution in [2.75, 3.05) is 11.8 Å². The molecule has 112 valence electrons. The number of rotatable bonds is 4. The Morgan fingerprint density at radius 3 is 2.43 bits per heavy atom. The molecule has 0 saturated carbocycles. The molecule has 0 aliphatic heterocycles. The van der Waals surface area contributed by atoms with Crippen molar-refractivity contribution < 1.29 is 13.2 Å². The van der Waals surface area contributed by atoms with Gasteiger partial charge >= 0.3 is 0 Å². The van der Waals surface area contributed by atoms with E-state index in [9.17, 15) is 8.42 Å². The smallest absolute Gasteiger partial charge is 0.263 e. The van der Waals surface area contributed by atoms with Crippen LogP contribution >= 0.6 is 31.9 Å². The fourth-order valence-corrected chi connectivity index (χ4v) is 4.59. The summed E-state index contributed by atoms with van der Waals surface area (Å²) in [4.78, 5) is 0.160. The van der Waals surface area contributed by atoms with Crippen molar-refractivity contribution >= 4 is 47.6 Å². The molecule has 21 heavy (non-hydrogen) atoms. The highest BCUT2D eigenvalue weighted by Crippen LogP contribution is 2.31. The molecule has 0 aliphatic rings. The van der Waals surface area contributed by atoms with E-state index in [-0.39, 0.29) is 4.90 Å². The number of nitrogens with one attached hydrogen (secondary N) is 1. The zero-order valence-electron chi connectivity index (χ0n) is 11.4. The number of hydrogen-bond donors (Lipinski definition) is 1. The van der Waals surface area contributed by atoms with Gasteiger partial charge in [0.25, 0.3) is 10.0 Å². The van der Waals surface area contributed by atoms with Crippen LogP contribution in [0, 0.1) is 6.92 Å². The van der Waals surface area contributed by atoms with Crippen molar-refractivity contribution in [3.63, 3.8) is 0 Å². The molecule has 0 heterocycles. The van der Waals surface area contributed by atoms with Crippen LogP contribution in [0.25, 0.3) is 0 Å². The van der Waals surface area contributed by atoms with Crippen LogP contribution in [0.5, 0.6) is 5.75 Å². The molecule has 0 aliphatic carbocycles. The van der Waals surface area contributed by atoms with Crippen LogP contribution in [-0.4, -0.2) is 15.5 Å². The summed E-state index contributed by atoms with van der Waals surface area (Å²) < 4.78 is 34.0. The molecule has 0 spiro atoms. The quantitative estimate of drug-likeness (QED) is 0.778. The second-order valence-electron chi connectivity index (χ2n) is 4.38. The third kappa shape index (κ3) is 3.78. The summed E-state index contributed by atoms with van der Waals surface area (Å²) in [7, 11) is -2.20. The highest BCUT2D eigenvalue weighted by atomic mass is 79.9. The van der Waals surface area contributed by atoms with Gasteiger partial charge in [-0.2, -0.15) is 0 Å². The molecule has 4 nitrogen and oxygen atoms in total. The first-order valence-corrected chi connectivity index (χ1v) is 9.03. The Morgan fingerprint density at radius 2 is 1.81 bits per heavy atom. The molecule has 0 unspecified atom stereocenters. The van der Waals surface area contributed by atoms with Gasteiger partial charge < -0.3 is 4.74 Å². The van der Waals surface area contributed by atoms with Crippen LogP contribution in [0.2, 0.25) is 0 Å². The number of ether oxygens (including phenoxy) is 1. The summed E-state index contributed by atoms with van der Waals surface area (Å²) in [5.41, 5.74) is 1.39. The highest BCUT2D eigenvalue weighted by Gasteiger charge is 2.19. The van der Waals surface area contributed by atoms with E-state index in [1.807, 2.05) is 13.0 Å². The molecule has 0 bridgehead atoms. The minimum absolute atomic E-state index is 0.160. The number of benzene rings is 2. The maximum absolute atomic E-state index is 12.5. The lowest BCUT2D eigenvalue weighted by atomic mass is 10.2. The van der Waals surface area contributed by atoms with Crippen LogP contribution in [-0.2, 0) is 10.0 Å². The van der Waals surface area contributed by atoms with Crippen LogP contribution in [0.3, 0.4) is 0 Å². The van der Waals surface area contributed by atoms with Gasteiger partial charge in [-0.05, 0) is 58.7 Å². The molecule has 0 radical (unpaired) electrons. The predicted molar refractivity (Wildman–Crippen MR) is 90.4 cm³/mol. The van der Waals surface area contributed by atoms with Crippen molar-refractivity contribution in [1.29, 1.82) is 0 Å². The first-order chi connectivity index (χ1) is 9.83. The molecule has 0 saturated heterocycles. The monoisotopic (exact) mass is 433 g/mol. The van der Waals surface area contributed by atoms with E-state index in [0.29, 0.717) is 15.9 Å². The minimum Gasteiger partial charge on any atom is -0.495 e. The van der Waals surface area contributed by atoms with E-state index < -0.39 is 10.0 Å². The van der Waals surface area contributed by atoms with Gasteiger partial charge in [-0.1, -0.05) is 22.0 Å². The van der Waals surface area contributed by atoms with Gasteiger partial charge in [-0.3, -0.25) is 4.72 Å². The van der Waals surface area contributed by atoms with Crippen molar-refractivity contribution in [3.05, 3.63) is 50.9 Å². The predicted octanol–water partition coefficient (Wildman–Crippen LogP) is 4.33.